The molecule has 2 fully saturated rings. The third-order valence-electron chi connectivity index (χ3n) is 19.5. The molecule has 0 radical (unpaired) electrons. The summed E-state index contributed by atoms with van der Waals surface area (Å²) >= 11 is 0. The SMILES string of the molecule is CCC(O)Cn1c(=O)n(CC(O)CCCCCCNC)c(=O)n(CC(O)CNCCCCN)c1=O.CCC(O)Cn1c(=O)n(CC(O)CN(C)CCCN(CC)CC)c(=O)n(CC(O)CN(CC)CC)c1=O.CCC(O)Cn1c(=O)n(CC(O)CN2CCNCC2)c(=O)n(CC(O)CN2CCN(C)CC2)c1=O. The highest BCUT2D eigenvalue weighted by molar-refractivity contribution is 4.88. The van der Waals surface area contributed by atoms with Gasteiger partial charge in [-0.05, 0) is 131 Å². The molecule has 37 nitrogen and oxygen atoms in total. The van der Waals surface area contributed by atoms with Crippen LogP contribution in [0.1, 0.15) is 119 Å². The van der Waals surface area contributed by atoms with Crippen molar-refractivity contribution >= 4 is 0 Å². The Labute approximate surface area is 628 Å². The Morgan fingerprint density at radius 2 is 0.729 bits per heavy atom. The van der Waals surface area contributed by atoms with Crippen molar-refractivity contribution in [1.82, 2.24) is 86.5 Å². The molecule has 620 valence electrons. The van der Waals surface area contributed by atoms with Gasteiger partial charge in [0.15, 0.2) is 0 Å². The number of unbranched alkanes of at least 4 members (excludes halogenated alkanes) is 4. The fourth-order valence-corrected chi connectivity index (χ4v) is 12.7. The Bertz CT molecular complexity index is 3530. The van der Waals surface area contributed by atoms with E-state index in [9.17, 15) is 89.1 Å². The number of nitrogens with two attached hydrogens (primary N) is 1. The van der Waals surface area contributed by atoms with E-state index in [0.717, 1.165) is 171 Å². The number of likely N-dealkylation sites (N-methyl/N-ethyl adjacent to an activating group) is 3. The number of hydrogen-bond donors (Lipinski definition) is 13. The number of aliphatic hydroxyl groups is 9. The molecule has 2 saturated heterocycles. The molecule has 107 heavy (non-hydrogen) atoms. The molecule has 3 aromatic heterocycles. The maximum atomic E-state index is 13.2. The predicted octanol–water partition coefficient (Wildman–Crippen LogP) is -7.35. The quantitative estimate of drug-likeness (QED) is 0.0234. The second-order valence-corrected chi connectivity index (χ2v) is 28.4. The van der Waals surface area contributed by atoms with E-state index in [1.807, 2.05) is 49.7 Å². The van der Waals surface area contributed by atoms with Crippen LogP contribution in [0.15, 0.2) is 43.2 Å². The second-order valence-electron chi connectivity index (χ2n) is 28.4. The molecule has 14 N–H and O–H groups in total. The number of rotatable bonds is 50. The highest BCUT2D eigenvalue weighted by Crippen LogP contribution is 2.08. The fraction of sp³-hybridized carbons (Fsp3) is 0.871. The molecule has 2 aliphatic heterocycles. The molecule has 9 unspecified atom stereocenters. The van der Waals surface area contributed by atoms with Crippen LogP contribution in [0.3, 0.4) is 0 Å². The van der Waals surface area contributed by atoms with Gasteiger partial charge in [-0.2, -0.15) is 0 Å². The first kappa shape index (κ1) is 95.7. The van der Waals surface area contributed by atoms with Gasteiger partial charge in [-0.25, -0.2) is 84.3 Å². The summed E-state index contributed by atoms with van der Waals surface area (Å²) in [5.74, 6) is 0. The summed E-state index contributed by atoms with van der Waals surface area (Å²) in [7, 11) is 5.79. The first-order valence-corrected chi connectivity index (χ1v) is 39.0. The van der Waals surface area contributed by atoms with Gasteiger partial charge in [0.05, 0.1) is 114 Å². The lowest BCUT2D eigenvalue weighted by Gasteiger charge is -2.33. The van der Waals surface area contributed by atoms with E-state index < -0.39 is 106 Å². The number of hydrogen-bond acceptors (Lipinski definition) is 28. The number of piperazine rings is 2. The van der Waals surface area contributed by atoms with Crippen molar-refractivity contribution in [1.29, 1.82) is 0 Å². The number of nitrogens with one attached hydrogen (secondary N) is 3. The molecular weight excluding hydrogens is 1390 g/mol. The highest BCUT2D eigenvalue weighted by Gasteiger charge is 2.27. The van der Waals surface area contributed by atoms with E-state index in [1.54, 1.807) is 20.8 Å². The van der Waals surface area contributed by atoms with Crippen molar-refractivity contribution < 1.29 is 46.0 Å². The number of β-amino-alcohol motifs (C(OH)–C–C–N with tert-alkyl or cyclic N) is 2. The van der Waals surface area contributed by atoms with Crippen molar-refractivity contribution in [3.63, 3.8) is 0 Å². The van der Waals surface area contributed by atoms with Crippen LogP contribution >= 0.6 is 0 Å². The van der Waals surface area contributed by atoms with E-state index in [0.29, 0.717) is 58.4 Å². The summed E-state index contributed by atoms with van der Waals surface area (Å²) in [6.07, 6.45) is -1.17. The standard InChI is InChI=1S/C25H50N6O6.C23H46N6O6.C22H41N7O6/c1-7-20(32)17-29-23(35)30(18-21(33)15-26(6)13-12-14-27(8-2)9-3)25(37)31(24(29)36)19-22(34)16-28(10-4)11-5;1-3-18(30)15-27-21(33)28(16-19(31)10-6-4-5-8-12-25-2)23(35)29(22(27)34)17-20(32)14-26-13-9-7-11-24;1-3-17(30)14-27-20(33)28(15-18(31)12-25-6-4-23-5-7-25)22(35)29(21(27)34)16-19(32)13-26-10-8-24(2)9-11-26/h20-22,32-34H,7-19H2,1-6H3;18-20,25-26,30-32H,3-17,24H2,1-2H3;17-19,23,30-32H,3-16H2,1-2H3. The maximum absolute atomic E-state index is 13.2. The van der Waals surface area contributed by atoms with Gasteiger partial charge in [0, 0.05) is 85.1 Å². The predicted molar refractivity (Wildman–Crippen MR) is 412 cm³/mol. The largest absolute Gasteiger partial charge is 0.391 e. The third-order valence-corrected chi connectivity index (χ3v) is 19.5. The van der Waals surface area contributed by atoms with Gasteiger partial charge in [0.2, 0.25) is 0 Å². The first-order chi connectivity index (χ1) is 51.0. The van der Waals surface area contributed by atoms with Crippen molar-refractivity contribution in [2.45, 2.75) is 233 Å². The van der Waals surface area contributed by atoms with Crippen molar-refractivity contribution in [3.05, 3.63) is 94.4 Å². The van der Waals surface area contributed by atoms with Crippen molar-refractivity contribution in [2.24, 2.45) is 5.73 Å². The zero-order valence-electron chi connectivity index (χ0n) is 65.9. The normalized spacial score (nSPS) is 16.6. The molecule has 5 heterocycles. The molecule has 2 aliphatic rings. The number of aliphatic hydroxyl groups excluding tert-OH is 9. The van der Waals surface area contributed by atoms with Crippen LogP contribution in [0.25, 0.3) is 0 Å². The van der Waals surface area contributed by atoms with E-state index in [1.165, 1.54) is 0 Å². The van der Waals surface area contributed by atoms with Crippen molar-refractivity contribution in [3.8, 4) is 0 Å². The Morgan fingerprint density at radius 1 is 0.383 bits per heavy atom. The lowest BCUT2D eigenvalue weighted by atomic mass is 10.1. The van der Waals surface area contributed by atoms with Crippen molar-refractivity contribution in [2.75, 3.05) is 165 Å². The van der Waals surface area contributed by atoms with Crippen LogP contribution in [0.5, 0.6) is 0 Å². The minimum Gasteiger partial charge on any atom is -0.391 e. The third kappa shape index (κ3) is 33.1. The average molecular weight is 1530 g/mol. The van der Waals surface area contributed by atoms with Gasteiger partial charge in [-0.1, -0.05) is 67.7 Å². The smallest absolute Gasteiger partial charge is 0.336 e. The van der Waals surface area contributed by atoms with Gasteiger partial charge >= 0.3 is 51.2 Å². The maximum Gasteiger partial charge on any atom is 0.336 e. The lowest BCUT2D eigenvalue weighted by molar-refractivity contribution is 0.0666. The fourth-order valence-electron chi connectivity index (χ4n) is 12.7. The summed E-state index contributed by atoms with van der Waals surface area (Å²) in [4.78, 5) is 130. The minimum atomic E-state index is -1.05. The molecule has 5 rings (SSSR count). The zero-order chi connectivity index (χ0) is 79.9. The Balaban J connectivity index is 0.000000417. The van der Waals surface area contributed by atoms with E-state index in [-0.39, 0.29) is 85.1 Å². The summed E-state index contributed by atoms with van der Waals surface area (Å²) < 4.78 is 7.46. The number of nitrogens with zero attached hydrogens (tertiary/aromatic N) is 15. The average Bonchev–Trinajstić information content (AvgIpc) is 0.793. The van der Waals surface area contributed by atoms with Crippen LogP contribution < -0.4 is 72.9 Å². The summed E-state index contributed by atoms with van der Waals surface area (Å²) in [5.41, 5.74) is -2.39. The molecule has 0 amide bonds. The van der Waals surface area contributed by atoms with Gasteiger partial charge in [0.1, 0.15) is 0 Å². The molecule has 0 aliphatic carbocycles. The molecule has 3 aromatic rings. The Kier molecular flexibility index (Phi) is 46.4. The zero-order valence-corrected chi connectivity index (χ0v) is 65.9. The summed E-state index contributed by atoms with van der Waals surface area (Å²) in [5, 5.41) is 103. The van der Waals surface area contributed by atoms with Crippen LogP contribution in [0.2, 0.25) is 0 Å². The van der Waals surface area contributed by atoms with Crippen LogP contribution in [0, 0.1) is 0 Å². The summed E-state index contributed by atoms with van der Waals surface area (Å²) in [6.45, 7) is 25.5. The monoisotopic (exact) mass is 1530 g/mol. The molecular formula is C70H137N19O18. The molecule has 37 heteroatoms. The first-order valence-electron chi connectivity index (χ1n) is 39.0. The molecule has 0 aromatic carbocycles. The van der Waals surface area contributed by atoms with E-state index >= 15 is 0 Å². The molecule has 0 bridgehead atoms. The van der Waals surface area contributed by atoms with Crippen LogP contribution in [-0.4, -0.2) is 337 Å². The van der Waals surface area contributed by atoms with Crippen LogP contribution in [-0.2, 0) is 58.9 Å². The van der Waals surface area contributed by atoms with E-state index in [4.69, 9.17) is 5.73 Å². The second kappa shape index (κ2) is 51.8. The highest BCUT2D eigenvalue weighted by atomic mass is 16.3. The molecule has 9 atom stereocenters. The lowest BCUT2D eigenvalue weighted by Crippen LogP contribution is -2.58. The minimum absolute atomic E-state index is 0.156. The topological polar surface area (TPSA) is 462 Å². The Morgan fingerprint density at radius 3 is 1.11 bits per heavy atom. The van der Waals surface area contributed by atoms with Gasteiger partial charge in [0.25, 0.3) is 0 Å². The number of aromatic nitrogens is 9. The Hall–Kier alpha value is -5.53. The van der Waals surface area contributed by atoms with Crippen LogP contribution in [0.4, 0.5) is 0 Å². The summed E-state index contributed by atoms with van der Waals surface area (Å²) in [6, 6.07) is 0. The molecule has 0 saturated carbocycles. The molecule has 0 spiro atoms. The van der Waals surface area contributed by atoms with E-state index in [2.05, 4.69) is 44.5 Å². The van der Waals surface area contributed by atoms with Gasteiger partial charge < -0.3 is 87.2 Å². The van der Waals surface area contributed by atoms with Gasteiger partial charge in [-0.3, -0.25) is 9.80 Å². The van der Waals surface area contributed by atoms with Gasteiger partial charge in [-0.15, -0.1) is 0 Å².